The lowest BCUT2D eigenvalue weighted by Crippen LogP contribution is -2.32. The highest BCUT2D eigenvalue weighted by Gasteiger charge is 2.24. The SMILES string of the molecule is O=CN1CCCCC1c1ccc2c(Cl)c3c(nc2c1)CCCC3. The van der Waals surface area contributed by atoms with Crippen molar-refractivity contribution < 1.29 is 4.79 Å². The van der Waals surface area contributed by atoms with Gasteiger partial charge in [0.15, 0.2) is 0 Å². The van der Waals surface area contributed by atoms with Crippen LogP contribution in [-0.2, 0) is 17.6 Å². The van der Waals surface area contributed by atoms with Gasteiger partial charge in [-0.05, 0) is 62.1 Å². The van der Waals surface area contributed by atoms with Gasteiger partial charge < -0.3 is 4.90 Å². The number of carbonyl (C=O) groups is 1. The Bertz CT molecular complexity index is 759. The van der Waals surface area contributed by atoms with Crippen LogP contribution in [0.4, 0.5) is 0 Å². The fourth-order valence-corrected chi connectivity index (χ4v) is 4.39. The van der Waals surface area contributed by atoms with Gasteiger partial charge in [0.05, 0.1) is 16.6 Å². The Labute approximate surface area is 141 Å². The van der Waals surface area contributed by atoms with Crippen molar-refractivity contribution in [1.82, 2.24) is 9.88 Å². The molecule has 1 aromatic heterocycles. The summed E-state index contributed by atoms with van der Waals surface area (Å²) < 4.78 is 0. The van der Waals surface area contributed by atoms with Crippen molar-refractivity contribution in [3.05, 3.63) is 40.0 Å². The lowest BCUT2D eigenvalue weighted by Gasteiger charge is -2.33. The number of hydrogen-bond donors (Lipinski definition) is 0. The molecule has 1 amide bonds. The first-order valence-electron chi connectivity index (χ1n) is 8.60. The summed E-state index contributed by atoms with van der Waals surface area (Å²) in [6.07, 6.45) is 8.76. The molecule has 120 valence electrons. The Balaban J connectivity index is 1.80. The third-order valence-electron chi connectivity index (χ3n) is 5.28. The van der Waals surface area contributed by atoms with E-state index in [1.54, 1.807) is 0 Å². The van der Waals surface area contributed by atoms with E-state index < -0.39 is 0 Å². The van der Waals surface area contributed by atoms with E-state index in [4.69, 9.17) is 16.6 Å². The zero-order valence-electron chi connectivity index (χ0n) is 13.2. The summed E-state index contributed by atoms with van der Waals surface area (Å²) in [4.78, 5) is 18.2. The maximum Gasteiger partial charge on any atom is 0.210 e. The number of aromatic nitrogens is 1. The summed E-state index contributed by atoms with van der Waals surface area (Å²) in [7, 11) is 0. The van der Waals surface area contributed by atoms with E-state index in [-0.39, 0.29) is 6.04 Å². The normalized spacial score (nSPS) is 21.3. The molecule has 4 heteroatoms. The van der Waals surface area contributed by atoms with Crippen molar-refractivity contribution in [1.29, 1.82) is 0 Å². The molecule has 1 fully saturated rings. The standard InChI is InChI=1S/C19H21ClN2O/c20-19-14-5-1-2-6-16(14)21-17-11-13(8-9-15(17)19)18-7-3-4-10-22(18)12-23/h8-9,11-12,18H,1-7,10H2. The first kappa shape index (κ1) is 14.9. The fourth-order valence-electron chi connectivity index (χ4n) is 4.03. The highest BCUT2D eigenvalue weighted by Crippen LogP contribution is 2.36. The van der Waals surface area contributed by atoms with E-state index in [0.29, 0.717) is 0 Å². The molecule has 2 aliphatic rings. The molecule has 0 radical (unpaired) electrons. The molecule has 1 unspecified atom stereocenters. The number of hydrogen-bond acceptors (Lipinski definition) is 2. The van der Waals surface area contributed by atoms with Gasteiger partial charge in [-0.25, -0.2) is 0 Å². The molecule has 0 spiro atoms. The van der Waals surface area contributed by atoms with Crippen LogP contribution in [0.2, 0.25) is 5.02 Å². The zero-order valence-corrected chi connectivity index (χ0v) is 14.0. The number of amides is 1. The van der Waals surface area contributed by atoms with Crippen LogP contribution >= 0.6 is 11.6 Å². The van der Waals surface area contributed by atoms with Gasteiger partial charge in [0.1, 0.15) is 0 Å². The molecule has 1 aliphatic heterocycles. The largest absolute Gasteiger partial charge is 0.338 e. The molecule has 2 aromatic rings. The summed E-state index contributed by atoms with van der Waals surface area (Å²) in [5, 5.41) is 1.93. The Morgan fingerprint density at radius 1 is 1.17 bits per heavy atom. The minimum absolute atomic E-state index is 0.183. The highest BCUT2D eigenvalue weighted by atomic mass is 35.5. The first-order chi connectivity index (χ1) is 11.3. The van der Waals surface area contributed by atoms with Crippen LogP contribution < -0.4 is 0 Å². The number of benzene rings is 1. The number of piperidine rings is 1. The van der Waals surface area contributed by atoms with E-state index in [1.165, 1.54) is 36.1 Å². The van der Waals surface area contributed by atoms with Gasteiger partial charge in [-0.2, -0.15) is 0 Å². The highest BCUT2D eigenvalue weighted by molar-refractivity contribution is 6.36. The van der Waals surface area contributed by atoms with Gasteiger partial charge in [0.2, 0.25) is 6.41 Å². The molecule has 1 saturated heterocycles. The van der Waals surface area contributed by atoms with Crippen molar-refractivity contribution in [2.45, 2.75) is 51.0 Å². The number of aryl methyl sites for hydroxylation is 1. The molecule has 1 atom stereocenters. The Morgan fingerprint density at radius 2 is 2.04 bits per heavy atom. The van der Waals surface area contributed by atoms with Crippen molar-refractivity contribution in [3.63, 3.8) is 0 Å². The topological polar surface area (TPSA) is 33.2 Å². The molecule has 1 aliphatic carbocycles. The van der Waals surface area contributed by atoms with Crippen LogP contribution in [0.5, 0.6) is 0 Å². The number of pyridine rings is 1. The number of carbonyl (C=O) groups excluding carboxylic acids is 1. The summed E-state index contributed by atoms with van der Waals surface area (Å²) in [5.41, 5.74) is 4.57. The van der Waals surface area contributed by atoms with Crippen LogP contribution in [0.1, 0.15) is 55.0 Å². The van der Waals surface area contributed by atoms with Crippen molar-refractivity contribution in [2.75, 3.05) is 6.54 Å². The lowest BCUT2D eigenvalue weighted by molar-refractivity contribution is -0.121. The predicted octanol–water partition coefficient (Wildman–Crippen LogP) is 4.45. The van der Waals surface area contributed by atoms with Gasteiger partial charge in [-0.1, -0.05) is 23.7 Å². The molecule has 4 rings (SSSR count). The third kappa shape index (κ3) is 2.61. The average Bonchev–Trinajstić information content (AvgIpc) is 2.61. The number of fused-ring (bicyclic) bond motifs is 2. The molecular weight excluding hydrogens is 308 g/mol. The van der Waals surface area contributed by atoms with E-state index in [9.17, 15) is 4.79 Å². The van der Waals surface area contributed by atoms with Crippen LogP contribution in [0.3, 0.4) is 0 Å². The van der Waals surface area contributed by atoms with Crippen molar-refractivity contribution in [2.24, 2.45) is 0 Å². The quantitative estimate of drug-likeness (QED) is 0.763. The number of halogens is 1. The Hall–Kier alpha value is -1.61. The molecular formula is C19H21ClN2O. The van der Waals surface area contributed by atoms with E-state index >= 15 is 0 Å². The van der Waals surface area contributed by atoms with Gasteiger partial charge in [0, 0.05) is 17.6 Å². The molecule has 0 bridgehead atoms. The average molecular weight is 329 g/mol. The van der Waals surface area contributed by atoms with Crippen LogP contribution in [0.25, 0.3) is 10.9 Å². The molecule has 0 N–H and O–H groups in total. The van der Waals surface area contributed by atoms with E-state index in [2.05, 4.69) is 18.2 Å². The van der Waals surface area contributed by atoms with Gasteiger partial charge >= 0.3 is 0 Å². The molecule has 0 saturated carbocycles. The monoisotopic (exact) mass is 328 g/mol. The second-order valence-corrected chi connectivity index (χ2v) is 7.07. The number of likely N-dealkylation sites (tertiary alicyclic amines) is 1. The van der Waals surface area contributed by atoms with Gasteiger partial charge in [0.25, 0.3) is 0 Å². The first-order valence-corrected chi connectivity index (χ1v) is 8.97. The van der Waals surface area contributed by atoms with Gasteiger partial charge in [-0.15, -0.1) is 0 Å². The minimum atomic E-state index is 0.183. The van der Waals surface area contributed by atoms with Crippen LogP contribution in [0.15, 0.2) is 18.2 Å². The molecule has 2 heterocycles. The number of nitrogens with zero attached hydrogens (tertiary/aromatic N) is 2. The van der Waals surface area contributed by atoms with Crippen molar-refractivity contribution >= 4 is 28.9 Å². The van der Waals surface area contributed by atoms with Crippen LogP contribution in [0, 0.1) is 0 Å². The fraction of sp³-hybridized carbons (Fsp3) is 0.474. The summed E-state index contributed by atoms with van der Waals surface area (Å²) in [6.45, 7) is 0.852. The Morgan fingerprint density at radius 3 is 2.91 bits per heavy atom. The third-order valence-corrected chi connectivity index (χ3v) is 5.71. The second-order valence-electron chi connectivity index (χ2n) is 6.69. The maximum absolute atomic E-state index is 11.3. The number of rotatable bonds is 2. The maximum atomic E-state index is 11.3. The summed E-state index contributed by atoms with van der Waals surface area (Å²) >= 11 is 6.65. The smallest absolute Gasteiger partial charge is 0.210 e. The van der Waals surface area contributed by atoms with E-state index in [1.807, 2.05) is 4.90 Å². The lowest BCUT2D eigenvalue weighted by atomic mass is 9.92. The second kappa shape index (κ2) is 6.12. The molecule has 1 aromatic carbocycles. The molecule has 3 nitrogen and oxygen atoms in total. The minimum Gasteiger partial charge on any atom is -0.338 e. The Kier molecular flexibility index (Phi) is 3.98. The van der Waals surface area contributed by atoms with Crippen molar-refractivity contribution in [3.8, 4) is 0 Å². The molecule has 23 heavy (non-hydrogen) atoms. The van der Waals surface area contributed by atoms with Gasteiger partial charge in [-0.3, -0.25) is 9.78 Å². The van der Waals surface area contributed by atoms with Crippen LogP contribution in [-0.4, -0.2) is 22.8 Å². The zero-order chi connectivity index (χ0) is 15.8. The summed E-state index contributed by atoms with van der Waals surface area (Å²) in [5.74, 6) is 0. The summed E-state index contributed by atoms with van der Waals surface area (Å²) in [6, 6.07) is 6.54. The predicted molar refractivity (Wildman–Crippen MR) is 92.8 cm³/mol. The van der Waals surface area contributed by atoms with E-state index in [0.717, 1.165) is 54.6 Å².